The van der Waals surface area contributed by atoms with Crippen LogP contribution in [0.4, 0.5) is 0 Å². The molecule has 12 nitrogen and oxygen atoms in total. The zero-order chi connectivity index (χ0) is 32.9. The minimum atomic E-state index is -0.689. The van der Waals surface area contributed by atoms with E-state index in [0.717, 1.165) is 48.7 Å². The summed E-state index contributed by atoms with van der Waals surface area (Å²) in [7, 11) is 1.72. The molecule has 0 bridgehead atoms. The number of amides is 3. The highest BCUT2D eigenvalue weighted by Crippen LogP contribution is 2.25. The molecule has 4 rings (SSSR count). The van der Waals surface area contributed by atoms with E-state index in [1.54, 1.807) is 11.6 Å². The monoisotopic (exact) mass is 637 g/mol. The number of piperidine rings is 1. The Labute approximate surface area is 269 Å². The zero-order valence-electron chi connectivity index (χ0n) is 26.7. The van der Waals surface area contributed by atoms with E-state index in [0.29, 0.717) is 58.0 Å². The van der Waals surface area contributed by atoms with Crippen LogP contribution in [-0.2, 0) is 55.1 Å². The fraction of sp³-hybridized carbons (Fsp3) is 0.529. The topological polar surface area (TPSA) is 170 Å². The number of para-hydroxylation sites is 1. The first-order valence-electron chi connectivity index (χ1n) is 16.1. The third-order valence-corrected chi connectivity index (χ3v) is 8.16. The lowest BCUT2D eigenvalue weighted by atomic mass is 10.0. The molecule has 5 N–H and O–H groups in total. The molecule has 2 aromatic carbocycles. The van der Waals surface area contributed by atoms with E-state index in [1.807, 2.05) is 18.2 Å². The summed E-state index contributed by atoms with van der Waals surface area (Å²) in [6, 6.07) is 13.2. The van der Waals surface area contributed by atoms with Gasteiger partial charge < -0.3 is 25.7 Å². The number of imide groups is 1. The number of imidazole rings is 1. The number of nitrogens with zero attached hydrogens (tertiary/aromatic N) is 2. The number of nitrogens with two attached hydrogens (primary N) is 2. The fourth-order valence-corrected chi connectivity index (χ4v) is 5.70. The SMILES string of the molecule is Cn1c(=O)n(C2CCC(=O)NC2=O)c2cccc(CCCOCCCOCCCc3ccc(COC[C@@H](N)CCC(N)=O)cc3)c21. The van der Waals surface area contributed by atoms with Crippen LogP contribution in [0.3, 0.4) is 0 Å². The number of hydrogen-bond donors (Lipinski definition) is 3. The Bertz CT molecular complexity index is 1510. The molecule has 0 aliphatic carbocycles. The van der Waals surface area contributed by atoms with Crippen molar-refractivity contribution in [2.45, 2.75) is 76.5 Å². The van der Waals surface area contributed by atoms with E-state index >= 15 is 0 Å². The van der Waals surface area contributed by atoms with Crippen LogP contribution >= 0.6 is 0 Å². The van der Waals surface area contributed by atoms with Gasteiger partial charge in [-0.2, -0.15) is 0 Å². The quantitative estimate of drug-likeness (QED) is 0.125. The molecular formula is C34H47N5O7. The molecule has 0 radical (unpaired) electrons. The van der Waals surface area contributed by atoms with Gasteiger partial charge in [-0.15, -0.1) is 0 Å². The van der Waals surface area contributed by atoms with Crippen molar-refractivity contribution in [3.63, 3.8) is 0 Å². The first-order valence-corrected chi connectivity index (χ1v) is 16.1. The predicted molar refractivity (Wildman–Crippen MR) is 174 cm³/mol. The maximum absolute atomic E-state index is 13.1. The van der Waals surface area contributed by atoms with Crippen molar-refractivity contribution >= 4 is 28.8 Å². The van der Waals surface area contributed by atoms with Crippen LogP contribution in [0.25, 0.3) is 11.0 Å². The van der Waals surface area contributed by atoms with Gasteiger partial charge in [0.25, 0.3) is 0 Å². The molecule has 12 heteroatoms. The van der Waals surface area contributed by atoms with Crippen molar-refractivity contribution in [1.29, 1.82) is 0 Å². The maximum atomic E-state index is 13.1. The Morgan fingerprint density at radius 3 is 2.30 bits per heavy atom. The summed E-state index contributed by atoms with van der Waals surface area (Å²) in [5.74, 6) is -1.08. The smallest absolute Gasteiger partial charge is 0.329 e. The van der Waals surface area contributed by atoms with Crippen LogP contribution < -0.4 is 22.5 Å². The molecule has 2 atom stereocenters. The Kier molecular flexibility index (Phi) is 13.5. The van der Waals surface area contributed by atoms with Gasteiger partial charge in [0.05, 0.1) is 24.2 Å². The summed E-state index contributed by atoms with van der Waals surface area (Å²) in [5, 5.41) is 2.35. The van der Waals surface area contributed by atoms with Gasteiger partial charge in [0.2, 0.25) is 17.7 Å². The third-order valence-electron chi connectivity index (χ3n) is 8.16. The van der Waals surface area contributed by atoms with Gasteiger partial charge in [-0.1, -0.05) is 36.4 Å². The Morgan fingerprint density at radius 1 is 0.935 bits per heavy atom. The summed E-state index contributed by atoms with van der Waals surface area (Å²) in [6.45, 7) is 3.42. The van der Waals surface area contributed by atoms with Gasteiger partial charge in [0.15, 0.2) is 0 Å². The van der Waals surface area contributed by atoms with Crippen molar-refractivity contribution < 1.29 is 28.6 Å². The second kappa shape index (κ2) is 17.7. The maximum Gasteiger partial charge on any atom is 0.329 e. The largest absolute Gasteiger partial charge is 0.381 e. The Balaban J connectivity index is 1.07. The molecule has 1 fully saturated rings. The summed E-state index contributed by atoms with van der Waals surface area (Å²) in [4.78, 5) is 48.0. The van der Waals surface area contributed by atoms with Gasteiger partial charge >= 0.3 is 5.69 Å². The fourth-order valence-electron chi connectivity index (χ4n) is 5.70. The standard InChI is InChI=1S/C34H47N5O7/c1-38-32-26(7-2-9-28(32)39(34(38)43)29-15-17-31(41)37-33(29)42)8-4-19-45-21-5-20-44-18-3-6-24-10-12-25(13-11-24)22-46-23-27(35)14-16-30(36)40/h2,7,9-13,27,29H,3-6,8,14-23,35H2,1H3,(H2,36,40)(H,37,41,42)/t27-,29?/m0/s1. The van der Waals surface area contributed by atoms with E-state index < -0.39 is 11.9 Å². The average molecular weight is 638 g/mol. The highest BCUT2D eigenvalue weighted by Gasteiger charge is 2.31. The number of aryl methyl sites for hydroxylation is 3. The van der Waals surface area contributed by atoms with Crippen molar-refractivity contribution in [3.05, 3.63) is 69.6 Å². The number of fused-ring (bicyclic) bond motifs is 1. The van der Waals surface area contributed by atoms with E-state index in [9.17, 15) is 19.2 Å². The Morgan fingerprint density at radius 2 is 1.61 bits per heavy atom. The molecule has 1 saturated heterocycles. The number of hydrogen-bond acceptors (Lipinski definition) is 8. The van der Waals surface area contributed by atoms with Crippen LogP contribution in [0.2, 0.25) is 0 Å². The summed E-state index contributed by atoms with van der Waals surface area (Å²) in [5.41, 5.74) is 15.7. The van der Waals surface area contributed by atoms with Gasteiger partial charge in [0.1, 0.15) is 6.04 Å². The molecule has 1 unspecified atom stereocenters. The molecule has 2 heterocycles. The lowest BCUT2D eigenvalue weighted by Gasteiger charge is -2.21. The van der Waals surface area contributed by atoms with Crippen LogP contribution in [0.1, 0.15) is 67.7 Å². The number of carbonyl (C=O) groups is 3. The van der Waals surface area contributed by atoms with Crippen molar-refractivity contribution in [1.82, 2.24) is 14.5 Å². The van der Waals surface area contributed by atoms with Crippen LogP contribution in [0, 0.1) is 0 Å². The Hall–Kier alpha value is -3.84. The van der Waals surface area contributed by atoms with Gasteiger partial charge in [-0.05, 0) is 67.7 Å². The minimum Gasteiger partial charge on any atom is -0.381 e. The van der Waals surface area contributed by atoms with Gasteiger partial charge in [0, 0.05) is 52.4 Å². The number of nitrogens with one attached hydrogen (secondary N) is 1. The minimum absolute atomic E-state index is 0.196. The highest BCUT2D eigenvalue weighted by atomic mass is 16.5. The highest BCUT2D eigenvalue weighted by molar-refractivity contribution is 6.00. The lowest BCUT2D eigenvalue weighted by Crippen LogP contribution is -2.44. The molecular weight excluding hydrogens is 590 g/mol. The molecule has 0 saturated carbocycles. The van der Waals surface area contributed by atoms with Crippen molar-refractivity contribution in [3.8, 4) is 0 Å². The van der Waals surface area contributed by atoms with Crippen LogP contribution in [0.5, 0.6) is 0 Å². The summed E-state index contributed by atoms with van der Waals surface area (Å²) < 4.78 is 20.4. The molecule has 46 heavy (non-hydrogen) atoms. The van der Waals surface area contributed by atoms with Crippen LogP contribution in [-0.4, -0.2) is 65.9 Å². The predicted octanol–water partition coefficient (Wildman–Crippen LogP) is 2.42. The molecule has 250 valence electrons. The van der Waals surface area contributed by atoms with Crippen LogP contribution in [0.15, 0.2) is 47.3 Å². The molecule has 0 spiro atoms. The van der Waals surface area contributed by atoms with E-state index in [4.69, 9.17) is 25.7 Å². The number of ether oxygens (including phenoxy) is 3. The second-order valence-electron chi connectivity index (χ2n) is 11.8. The number of carbonyl (C=O) groups excluding carboxylic acids is 3. The molecule has 1 aromatic heterocycles. The zero-order valence-corrected chi connectivity index (χ0v) is 26.7. The van der Waals surface area contributed by atoms with E-state index in [1.165, 1.54) is 10.1 Å². The first-order chi connectivity index (χ1) is 22.2. The number of rotatable bonds is 20. The number of primary amides is 1. The average Bonchev–Trinajstić information content (AvgIpc) is 3.29. The second-order valence-corrected chi connectivity index (χ2v) is 11.8. The lowest BCUT2D eigenvalue weighted by molar-refractivity contribution is -0.135. The number of benzene rings is 2. The van der Waals surface area contributed by atoms with E-state index in [-0.39, 0.29) is 36.4 Å². The molecule has 3 aromatic rings. The first kappa shape index (κ1) is 35.0. The third kappa shape index (κ3) is 10.1. The van der Waals surface area contributed by atoms with E-state index in [2.05, 4.69) is 29.6 Å². The molecule has 1 aliphatic rings. The summed E-state index contributed by atoms with van der Waals surface area (Å²) >= 11 is 0. The van der Waals surface area contributed by atoms with Crippen molar-refractivity contribution in [2.75, 3.05) is 33.0 Å². The van der Waals surface area contributed by atoms with Crippen molar-refractivity contribution in [2.24, 2.45) is 18.5 Å². The van der Waals surface area contributed by atoms with Gasteiger partial charge in [-0.3, -0.25) is 28.8 Å². The van der Waals surface area contributed by atoms with Gasteiger partial charge in [-0.25, -0.2) is 4.79 Å². The molecule has 1 aliphatic heterocycles. The molecule has 3 amide bonds. The number of aromatic nitrogens is 2. The summed E-state index contributed by atoms with van der Waals surface area (Å²) in [6.07, 6.45) is 5.56. The normalized spacial score (nSPS) is 15.7.